The molecular formula is C15H22N4S. The SMILES string of the molecule is CCc1cc2c(NCCC3CCCC3)nc(N)nc2s1. The van der Waals surface area contributed by atoms with Gasteiger partial charge in [0.05, 0.1) is 5.39 Å². The van der Waals surface area contributed by atoms with E-state index in [0.29, 0.717) is 5.95 Å². The van der Waals surface area contributed by atoms with Crippen LogP contribution in [0.15, 0.2) is 6.07 Å². The van der Waals surface area contributed by atoms with Gasteiger partial charge in [0.25, 0.3) is 0 Å². The van der Waals surface area contributed by atoms with E-state index in [2.05, 4.69) is 28.3 Å². The van der Waals surface area contributed by atoms with Gasteiger partial charge in [-0.15, -0.1) is 11.3 Å². The maximum Gasteiger partial charge on any atom is 0.223 e. The molecule has 0 atom stereocenters. The molecule has 1 aliphatic carbocycles. The number of nitrogens with one attached hydrogen (secondary N) is 1. The molecule has 0 radical (unpaired) electrons. The number of aromatic nitrogens is 2. The summed E-state index contributed by atoms with van der Waals surface area (Å²) in [5.74, 6) is 2.16. The number of nitrogen functional groups attached to an aromatic ring is 1. The summed E-state index contributed by atoms with van der Waals surface area (Å²) in [5.41, 5.74) is 5.81. The molecule has 2 aromatic rings. The second-order valence-electron chi connectivity index (χ2n) is 5.58. The minimum atomic E-state index is 0.366. The zero-order valence-electron chi connectivity index (χ0n) is 12.0. The summed E-state index contributed by atoms with van der Waals surface area (Å²) in [6, 6.07) is 2.19. The standard InChI is InChI=1S/C15H22N4S/c1-2-11-9-12-13(18-15(16)19-14(12)20-11)17-8-7-10-5-3-4-6-10/h9-10H,2-8H2,1H3,(H3,16,17,18,19). The first-order chi connectivity index (χ1) is 9.76. The van der Waals surface area contributed by atoms with Gasteiger partial charge >= 0.3 is 0 Å². The summed E-state index contributed by atoms with van der Waals surface area (Å²) in [5, 5.41) is 4.59. The summed E-state index contributed by atoms with van der Waals surface area (Å²) in [6.45, 7) is 3.14. The monoisotopic (exact) mass is 290 g/mol. The fraction of sp³-hybridized carbons (Fsp3) is 0.600. The van der Waals surface area contributed by atoms with Crippen molar-refractivity contribution in [3.63, 3.8) is 0 Å². The van der Waals surface area contributed by atoms with Gasteiger partial charge in [0, 0.05) is 11.4 Å². The van der Waals surface area contributed by atoms with Gasteiger partial charge in [-0.2, -0.15) is 4.98 Å². The minimum Gasteiger partial charge on any atom is -0.369 e. The second kappa shape index (κ2) is 5.95. The van der Waals surface area contributed by atoms with Crippen LogP contribution in [0.2, 0.25) is 0 Å². The molecule has 0 aliphatic heterocycles. The predicted octanol–water partition coefficient (Wildman–Crippen LogP) is 3.83. The first kappa shape index (κ1) is 13.6. The summed E-state index contributed by atoms with van der Waals surface area (Å²) < 4.78 is 0. The molecule has 0 saturated heterocycles. The zero-order chi connectivity index (χ0) is 13.9. The third kappa shape index (κ3) is 2.87. The van der Waals surface area contributed by atoms with Crippen molar-refractivity contribution in [3.05, 3.63) is 10.9 Å². The zero-order valence-corrected chi connectivity index (χ0v) is 12.8. The molecule has 1 saturated carbocycles. The fourth-order valence-electron chi connectivity index (χ4n) is 2.99. The average molecular weight is 290 g/mol. The predicted molar refractivity (Wildman–Crippen MR) is 86.3 cm³/mol. The van der Waals surface area contributed by atoms with Gasteiger partial charge in [-0.3, -0.25) is 0 Å². The van der Waals surface area contributed by atoms with E-state index in [4.69, 9.17) is 5.73 Å². The van der Waals surface area contributed by atoms with Crippen molar-refractivity contribution in [2.24, 2.45) is 5.92 Å². The van der Waals surface area contributed by atoms with Gasteiger partial charge in [-0.05, 0) is 24.8 Å². The fourth-order valence-corrected chi connectivity index (χ4v) is 3.96. The normalized spacial score (nSPS) is 16.1. The van der Waals surface area contributed by atoms with Gasteiger partial charge in [0.2, 0.25) is 5.95 Å². The van der Waals surface area contributed by atoms with E-state index < -0.39 is 0 Å². The minimum absolute atomic E-state index is 0.366. The molecule has 3 N–H and O–H groups in total. The molecule has 0 aromatic carbocycles. The molecule has 108 valence electrons. The topological polar surface area (TPSA) is 63.8 Å². The third-order valence-electron chi connectivity index (χ3n) is 4.13. The number of aryl methyl sites for hydroxylation is 1. The number of anilines is 2. The molecule has 2 aromatic heterocycles. The highest BCUT2D eigenvalue weighted by Gasteiger charge is 2.15. The first-order valence-corrected chi connectivity index (χ1v) is 8.37. The Labute approximate surface area is 123 Å². The maximum atomic E-state index is 5.81. The molecular weight excluding hydrogens is 268 g/mol. The molecule has 0 amide bonds. The number of thiophene rings is 1. The summed E-state index contributed by atoms with van der Waals surface area (Å²) in [7, 11) is 0. The highest BCUT2D eigenvalue weighted by Crippen LogP contribution is 2.31. The Morgan fingerprint density at radius 1 is 1.35 bits per heavy atom. The molecule has 5 heteroatoms. The Hall–Kier alpha value is -1.36. The van der Waals surface area contributed by atoms with Crippen molar-refractivity contribution in [2.75, 3.05) is 17.6 Å². The van der Waals surface area contributed by atoms with Crippen molar-refractivity contribution in [1.29, 1.82) is 0 Å². The molecule has 0 bridgehead atoms. The van der Waals surface area contributed by atoms with Gasteiger partial charge in [-0.1, -0.05) is 32.6 Å². The summed E-state index contributed by atoms with van der Waals surface area (Å²) in [4.78, 5) is 11.0. The number of fused-ring (bicyclic) bond motifs is 1. The van der Waals surface area contributed by atoms with Crippen molar-refractivity contribution in [1.82, 2.24) is 9.97 Å². The summed E-state index contributed by atoms with van der Waals surface area (Å²) in [6.07, 6.45) is 7.85. The Morgan fingerprint density at radius 3 is 2.90 bits per heavy atom. The van der Waals surface area contributed by atoms with Crippen molar-refractivity contribution >= 4 is 33.3 Å². The Balaban J connectivity index is 1.73. The molecule has 4 nitrogen and oxygen atoms in total. The lowest BCUT2D eigenvalue weighted by molar-refractivity contribution is 0.518. The Kier molecular flexibility index (Phi) is 4.05. The van der Waals surface area contributed by atoms with E-state index in [1.807, 2.05) is 0 Å². The van der Waals surface area contributed by atoms with Gasteiger partial charge in [0.1, 0.15) is 10.6 Å². The number of hydrogen-bond acceptors (Lipinski definition) is 5. The first-order valence-electron chi connectivity index (χ1n) is 7.56. The van der Waals surface area contributed by atoms with Crippen molar-refractivity contribution in [2.45, 2.75) is 45.4 Å². The molecule has 20 heavy (non-hydrogen) atoms. The van der Waals surface area contributed by atoms with Gasteiger partial charge in [0.15, 0.2) is 0 Å². The lowest BCUT2D eigenvalue weighted by Crippen LogP contribution is -2.09. The quantitative estimate of drug-likeness (QED) is 0.878. The number of rotatable bonds is 5. The lowest BCUT2D eigenvalue weighted by Gasteiger charge is -2.11. The van der Waals surface area contributed by atoms with Crippen LogP contribution in [0.1, 0.15) is 43.9 Å². The van der Waals surface area contributed by atoms with Crippen molar-refractivity contribution in [3.8, 4) is 0 Å². The van der Waals surface area contributed by atoms with Gasteiger partial charge < -0.3 is 11.1 Å². The van der Waals surface area contributed by atoms with Gasteiger partial charge in [-0.25, -0.2) is 4.98 Å². The van der Waals surface area contributed by atoms with Crippen LogP contribution in [0.25, 0.3) is 10.2 Å². The Morgan fingerprint density at radius 2 is 2.15 bits per heavy atom. The van der Waals surface area contributed by atoms with Crippen molar-refractivity contribution < 1.29 is 0 Å². The van der Waals surface area contributed by atoms with Crippen LogP contribution >= 0.6 is 11.3 Å². The number of nitrogens with two attached hydrogens (primary N) is 1. The van der Waals surface area contributed by atoms with E-state index in [9.17, 15) is 0 Å². The van der Waals surface area contributed by atoms with E-state index in [0.717, 1.165) is 34.9 Å². The number of nitrogens with zero attached hydrogens (tertiary/aromatic N) is 2. The molecule has 1 aliphatic rings. The smallest absolute Gasteiger partial charge is 0.223 e. The van der Waals surface area contributed by atoms with E-state index in [1.165, 1.54) is 37.0 Å². The highest BCUT2D eigenvalue weighted by atomic mass is 32.1. The van der Waals surface area contributed by atoms with Crippen LogP contribution in [-0.4, -0.2) is 16.5 Å². The lowest BCUT2D eigenvalue weighted by atomic mass is 10.0. The average Bonchev–Trinajstić information content (AvgIpc) is 3.06. The molecule has 1 fully saturated rings. The van der Waals surface area contributed by atoms with E-state index in [-0.39, 0.29) is 0 Å². The van der Waals surface area contributed by atoms with Crippen LogP contribution in [0.4, 0.5) is 11.8 Å². The molecule has 0 unspecified atom stereocenters. The van der Waals surface area contributed by atoms with E-state index >= 15 is 0 Å². The highest BCUT2D eigenvalue weighted by molar-refractivity contribution is 7.18. The van der Waals surface area contributed by atoms with Crippen LogP contribution < -0.4 is 11.1 Å². The molecule has 3 rings (SSSR count). The van der Waals surface area contributed by atoms with Crippen LogP contribution in [0.3, 0.4) is 0 Å². The molecule has 2 heterocycles. The van der Waals surface area contributed by atoms with E-state index in [1.54, 1.807) is 11.3 Å². The largest absolute Gasteiger partial charge is 0.369 e. The van der Waals surface area contributed by atoms with Crippen LogP contribution in [0.5, 0.6) is 0 Å². The summed E-state index contributed by atoms with van der Waals surface area (Å²) >= 11 is 1.71. The molecule has 0 spiro atoms. The second-order valence-corrected chi connectivity index (χ2v) is 6.70. The third-order valence-corrected chi connectivity index (χ3v) is 5.30. The Bertz CT molecular complexity index is 587. The van der Waals surface area contributed by atoms with Crippen LogP contribution in [-0.2, 0) is 6.42 Å². The maximum absolute atomic E-state index is 5.81. The number of hydrogen-bond donors (Lipinski definition) is 2. The van der Waals surface area contributed by atoms with Crippen LogP contribution in [0, 0.1) is 5.92 Å².